The van der Waals surface area contributed by atoms with Gasteiger partial charge in [0, 0.05) is 29.3 Å². The molecule has 20 heavy (non-hydrogen) atoms. The van der Waals surface area contributed by atoms with Gasteiger partial charge in [-0.15, -0.1) is 6.58 Å². The smallest absolute Gasteiger partial charge is 0 e. The first-order chi connectivity index (χ1) is 9.25. The molecule has 0 saturated heterocycles. The zero-order valence-corrected chi connectivity index (χ0v) is 12.8. The topological polar surface area (TPSA) is 62.9 Å². The Balaban J connectivity index is -0.000000162. The standard InChI is InChI=1S/C12H17N.3CO.Cr/c1-4-8-12(13(2)3)11-9-6-5-7-10-11;3*1-2;/h4-7,9-10,12H,1,8H2,2-3H3;;;;. The van der Waals surface area contributed by atoms with Gasteiger partial charge < -0.3 is 4.90 Å². The van der Waals surface area contributed by atoms with Gasteiger partial charge in [0.1, 0.15) is 0 Å². The molecule has 0 aromatic heterocycles. The van der Waals surface area contributed by atoms with Crippen molar-refractivity contribution in [1.29, 1.82) is 0 Å². The molecule has 1 saturated carbocycles. The van der Waals surface area contributed by atoms with Crippen LogP contribution in [0.25, 0.3) is 0 Å². The Morgan fingerprint density at radius 2 is 1.45 bits per heavy atom. The van der Waals surface area contributed by atoms with Crippen LogP contribution >= 0.6 is 0 Å². The van der Waals surface area contributed by atoms with Gasteiger partial charge in [0.15, 0.2) is 0 Å². The summed E-state index contributed by atoms with van der Waals surface area (Å²) in [6.07, 6.45) is 13.5. The van der Waals surface area contributed by atoms with Crippen LogP contribution in [0.3, 0.4) is 0 Å². The van der Waals surface area contributed by atoms with Gasteiger partial charge in [-0.05, 0) is 52.6 Å². The minimum Gasteiger partial charge on any atom is 0 e. The summed E-state index contributed by atoms with van der Waals surface area (Å²) in [5.74, 6) is 1.35. The van der Waals surface area contributed by atoms with Crippen molar-refractivity contribution in [3.63, 3.8) is 0 Å². The minimum atomic E-state index is 0. The van der Waals surface area contributed by atoms with Gasteiger partial charge in [-0.25, -0.2) is 0 Å². The van der Waals surface area contributed by atoms with E-state index in [9.17, 15) is 0 Å². The average molecular weight is 311 g/mol. The van der Waals surface area contributed by atoms with Crippen LogP contribution in [-0.2, 0) is 31.3 Å². The molecule has 6 radical (unpaired) electrons. The van der Waals surface area contributed by atoms with Crippen LogP contribution in [-0.4, -0.2) is 25.0 Å². The van der Waals surface area contributed by atoms with Crippen molar-refractivity contribution in [3.05, 3.63) is 70.6 Å². The first-order valence-electron chi connectivity index (χ1n) is 5.19. The molecule has 1 atom stereocenters. The Morgan fingerprint density at radius 1 is 1.05 bits per heavy atom. The molecule has 4 nitrogen and oxygen atoms in total. The molecule has 1 fully saturated rings. The summed E-state index contributed by atoms with van der Waals surface area (Å²) in [4.78, 5) is 2.22. The fourth-order valence-electron chi connectivity index (χ4n) is 1.48. The van der Waals surface area contributed by atoms with Crippen LogP contribution in [0.15, 0.2) is 12.7 Å². The fraction of sp³-hybridized carbons (Fsp3) is 0.267. The Morgan fingerprint density at radius 3 is 1.75 bits per heavy atom. The molecule has 0 spiro atoms. The van der Waals surface area contributed by atoms with E-state index in [4.69, 9.17) is 14.0 Å². The minimum absolute atomic E-state index is 0. The molecular formula is C15H17CrNO3. The molecule has 0 amide bonds. The van der Waals surface area contributed by atoms with Crippen LogP contribution in [0.1, 0.15) is 6.42 Å². The van der Waals surface area contributed by atoms with Crippen molar-refractivity contribution in [2.45, 2.75) is 12.5 Å². The third-order valence-corrected chi connectivity index (χ3v) is 2.20. The molecule has 1 aliphatic rings. The van der Waals surface area contributed by atoms with Gasteiger partial charge in [-0.2, -0.15) is 0 Å². The van der Waals surface area contributed by atoms with Gasteiger partial charge in [-0.3, -0.25) is 0 Å². The number of hydrogen-bond acceptors (Lipinski definition) is 1. The molecule has 0 heterocycles. The molecule has 106 valence electrons. The number of hydrogen-bond donors (Lipinski definition) is 0. The van der Waals surface area contributed by atoms with E-state index in [1.54, 1.807) is 0 Å². The van der Waals surface area contributed by atoms with E-state index in [2.05, 4.69) is 71.2 Å². The molecular weight excluding hydrogens is 294 g/mol. The predicted octanol–water partition coefficient (Wildman–Crippen LogP) is 1.99. The van der Waals surface area contributed by atoms with E-state index < -0.39 is 0 Å². The van der Waals surface area contributed by atoms with Crippen LogP contribution in [0.4, 0.5) is 0 Å². The third kappa shape index (κ3) is 13.9. The Kier molecular flexibility index (Phi) is 32.6. The maximum atomic E-state index is 7.50. The van der Waals surface area contributed by atoms with Crippen molar-refractivity contribution in [3.8, 4) is 0 Å². The summed E-state index contributed by atoms with van der Waals surface area (Å²) in [5, 5.41) is 0. The SMILES string of the molecule is C=CCC([C]1[CH][CH][CH][CH][CH]1)N(C)C.[C-]#[O+].[C-]#[O+].[C-]#[O+].[Cr]. The zero-order valence-electron chi connectivity index (χ0n) is 11.5. The van der Waals surface area contributed by atoms with Crippen LogP contribution < -0.4 is 0 Å². The maximum Gasteiger partial charge on any atom is 0 e. The van der Waals surface area contributed by atoms with Gasteiger partial charge in [-0.1, -0.05) is 6.08 Å². The predicted molar refractivity (Wildman–Crippen MR) is 68.8 cm³/mol. The van der Waals surface area contributed by atoms with E-state index in [0.717, 1.165) is 6.42 Å². The molecule has 1 unspecified atom stereocenters. The Labute approximate surface area is 133 Å². The second-order valence-corrected chi connectivity index (χ2v) is 3.41. The third-order valence-electron chi connectivity index (χ3n) is 2.20. The van der Waals surface area contributed by atoms with Crippen molar-refractivity contribution >= 4 is 0 Å². The molecule has 0 bridgehead atoms. The van der Waals surface area contributed by atoms with Crippen molar-refractivity contribution in [1.82, 2.24) is 4.90 Å². The van der Waals surface area contributed by atoms with E-state index in [0.29, 0.717) is 6.04 Å². The summed E-state index contributed by atoms with van der Waals surface area (Å²) in [7, 11) is 4.20. The molecule has 5 heteroatoms. The summed E-state index contributed by atoms with van der Waals surface area (Å²) in [6.45, 7) is 17.3. The molecule has 1 rings (SSSR count). The first-order valence-corrected chi connectivity index (χ1v) is 5.19. The van der Waals surface area contributed by atoms with Crippen molar-refractivity contribution in [2.24, 2.45) is 0 Å². The number of nitrogens with zero attached hydrogens (tertiary/aromatic N) is 1. The van der Waals surface area contributed by atoms with E-state index in [-0.39, 0.29) is 17.4 Å². The molecule has 0 N–H and O–H groups in total. The second-order valence-electron chi connectivity index (χ2n) is 3.41. The first kappa shape index (κ1) is 27.7. The molecule has 0 aromatic carbocycles. The van der Waals surface area contributed by atoms with E-state index in [1.165, 1.54) is 5.92 Å². The van der Waals surface area contributed by atoms with Crippen LogP contribution in [0, 0.1) is 58.0 Å². The monoisotopic (exact) mass is 311 g/mol. The van der Waals surface area contributed by atoms with Gasteiger partial charge >= 0.3 is 33.9 Å². The molecule has 0 aromatic rings. The molecule has 1 aliphatic carbocycles. The van der Waals surface area contributed by atoms with Crippen LogP contribution in [0.2, 0.25) is 0 Å². The Bertz CT molecular complexity index is 241. The average Bonchev–Trinajstić information content (AvgIpc) is 2.51. The van der Waals surface area contributed by atoms with Gasteiger partial charge in [0.2, 0.25) is 0 Å². The van der Waals surface area contributed by atoms with E-state index in [1.807, 2.05) is 12.5 Å². The van der Waals surface area contributed by atoms with Crippen molar-refractivity contribution in [2.75, 3.05) is 14.1 Å². The van der Waals surface area contributed by atoms with E-state index >= 15 is 0 Å². The fourth-order valence-corrected chi connectivity index (χ4v) is 1.48. The summed E-state index contributed by atoms with van der Waals surface area (Å²) in [5.41, 5.74) is 0. The summed E-state index contributed by atoms with van der Waals surface area (Å²) < 4.78 is 22.5. The van der Waals surface area contributed by atoms with Gasteiger partial charge in [0.25, 0.3) is 0 Å². The Hall–Kier alpha value is -0.548. The normalized spacial score (nSPS) is 14.4. The zero-order chi connectivity index (χ0) is 15.7. The second kappa shape index (κ2) is 23.5. The molecule has 0 aliphatic heterocycles. The number of rotatable bonds is 4. The van der Waals surface area contributed by atoms with Crippen molar-refractivity contribution < 1.29 is 31.3 Å². The van der Waals surface area contributed by atoms with Gasteiger partial charge in [0.05, 0.1) is 0 Å². The van der Waals surface area contributed by atoms with Crippen LogP contribution in [0.5, 0.6) is 0 Å². The quantitative estimate of drug-likeness (QED) is 0.445. The maximum absolute atomic E-state index is 7.50. The summed E-state index contributed by atoms with van der Waals surface area (Å²) >= 11 is 0. The summed E-state index contributed by atoms with van der Waals surface area (Å²) in [6, 6.07) is 0.457. The largest absolute Gasteiger partial charge is 0 e.